The van der Waals surface area contributed by atoms with Gasteiger partial charge in [0.2, 0.25) is 0 Å². The molecule has 0 saturated carbocycles. The fraction of sp³-hybridized carbons (Fsp3) is 0.200. The van der Waals surface area contributed by atoms with Crippen LogP contribution in [-0.4, -0.2) is 21.0 Å². The van der Waals surface area contributed by atoms with E-state index in [-0.39, 0.29) is 5.91 Å². The molecule has 0 atom stereocenters. The quantitative estimate of drug-likeness (QED) is 0.575. The van der Waals surface area contributed by atoms with E-state index in [1.165, 1.54) is 4.88 Å². The van der Waals surface area contributed by atoms with Gasteiger partial charge in [-0.15, -0.1) is 11.3 Å². The molecule has 1 amide bonds. The number of nitrogens with one attached hydrogen (secondary N) is 1. The predicted molar refractivity (Wildman–Crippen MR) is 105 cm³/mol. The summed E-state index contributed by atoms with van der Waals surface area (Å²) >= 11 is 1.70. The monoisotopic (exact) mass is 378 g/mol. The molecule has 4 aromatic rings. The highest BCUT2D eigenvalue weighted by Crippen LogP contribution is 2.32. The molecule has 1 N–H and O–H groups in total. The van der Waals surface area contributed by atoms with Gasteiger partial charge in [0.25, 0.3) is 11.6 Å². The van der Waals surface area contributed by atoms with Crippen molar-refractivity contribution in [1.29, 1.82) is 0 Å². The van der Waals surface area contributed by atoms with Crippen LogP contribution in [0.5, 0.6) is 0 Å². The van der Waals surface area contributed by atoms with Gasteiger partial charge >= 0.3 is 0 Å². The maximum atomic E-state index is 12.9. The third kappa shape index (κ3) is 3.33. The molecule has 0 fully saturated rings. The summed E-state index contributed by atoms with van der Waals surface area (Å²) in [7, 11) is 0. The number of amides is 1. The average molecular weight is 378 g/mol. The zero-order valence-electron chi connectivity index (χ0n) is 15.2. The first-order valence-electron chi connectivity index (χ1n) is 8.54. The lowest BCUT2D eigenvalue weighted by Gasteiger charge is -2.08. The summed E-state index contributed by atoms with van der Waals surface area (Å²) in [5.41, 5.74) is 4.19. The van der Waals surface area contributed by atoms with Crippen LogP contribution in [0.4, 0.5) is 0 Å². The minimum absolute atomic E-state index is 0.191. The molecule has 136 valence electrons. The highest BCUT2D eigenvalue weighted by atomic mass is 32.1. The van der Waals surface area contributed by atoms with Crippen LogP contribution in [0.15, 0.2) is 41.2 Å². The molecule has 0 aliphatic rings. The van der Waals surface area contributed by atoms with Crippen molar-refractivity contribution >= 4 is 28.3 Å². The minimum atomic E-state index is -0.191. The highest BCUT2D eigenvalue weighted by Gasteiger charge is 2.20. The van der Waals surface area contributed by atoms with Crippen molar-refractivity contribution in [3.63, 3.8) is 0 Å². The van der Waals surface area contributed by atoms with E-state index in [1.54, 1.807) is 23.7 Å². The Hall–Kier alpha value is -3.06. The molecule has 6 nitrogen and oxygen atoms in total. The standard InChI is InChI=1S/C20H18N4O2S/c1-11-7-15(13(3)27-11)17-8-16(18-12(2)24-26-20(18)23-17)19(25)22-10-14-5-4-6-21-9-14/h4-9H,10H2,1-3H3,(H,22,25). The number of carbonyl (C=O) groups is 1. The number of aromatic nitrogens is 3. The lowest BCUT2D eigenvalue weighted by molar-refractivity contribution is 0.0952. The number of hydrogen-bond acceptors (Lipinski definition) is 6. The molecule has 4 aromatic heterocycles. The first-order valence-corrected chi connectivity index (χ1v) is 9.36. The van der Waals surface area contributed by atoms with Gasteiger partial charge in [-0.25, -0.2) is 4.98 Å². The van der Waals surface area contributed by atoms with Crippen molar-refractivity contribution in [3.05, 3.63) is 63.2 Å². The summed E-state index contributed by atoms with van der Waals surface area (Å²) in [5, 5.41) is 7.59. The smallest absolute Gasteiger partial charge is 0.259 e. The van der Waals surface area contributed by atoms with Gasteiger partial charge in [0.15, 0.2) is 0 Å². The molecule has 0 unspecified atom stereocenters. The van der Waals surface area contributed by atoms with Crippen molar-refractivity contribution in [2.75, 3.05) is 0 Å². The van der Waals surface area contributed by atoms with Crippen LogP contribution >= 0.6 is 11.3 Å². The van der Waals surface area contributed by atoms with E-state index in [0.717, 1.165) is 16.0 Å². The Balaban J connectivity index is 1.75. The van der Waals surface area contributed by atoms with E-state index >= 15 is 0 Å². The van der Waals surface area contributed by atoms with Crippen molar-refractivity contribution in [3.8, 4) is 11.3 Å². The van der Waals surface area contributed by atoms with Gasteiger partial charge in [0, 0.05) is 34.3 Å². The molecule has 7 heteroatoms. The van der Waals surface area contributed by atoms with Crippen LogP contribution in [0.2, 0.25) is 0 Å². The average Bonchev–Trinajstić information content (AvgIpc) is 3.21. The Morgan fingerprint density at radius 2 is 2.11 bits per heavy atom. The SMILES string of the molecule is Cc1cc(-c2cc(C(=O)NCc3cccnc3)c3c(C)noc3n2)c(C)s1. The molecule has 0 aliphatic carbocycles. The largest absolute Gasteiger partial charge is 0.348 e. The molecule has 0 spiro atoms. The van der Waals surface area contributed by atoms with Crippen molar-refractivity contribution in [2.45, 2.75) is 27.3 Å². The van der Waals surface area contributed by atoms with Gasteiger partial charge < -0.3 is 9.84 Å². The molecule has 0 saturated heterocycles. The topological polar surface area (TPSA) is 80.9 Å². The van der Waals surface area contributed by atoms with Crippen molar-refractivity contribution in [2.24, 2.45) is 0 Å². The number of carbonyl (C=O) groups excluding carboxylic acids is 1. The summed E-state index contributed by atoms with van der Waals surface area (Å²) in [5.74, 6) is -0.191. The van der Waals surface area contributed by atoms with E-state index in [2.05, 4.69) is 33.4 Å². The molecule has 4 heterocycles. The number of rotatable bonds is 4. The lowest BCUT2D eigenvalue weighted by Crippen LogP contribution is -2.23. The van der Waals surface area contributed by atoms with Crippen LogP contribution in [0, 0.1) is 20.8 Å². The second kappa shape index (κ2) is 6.92. The van der Waals surface area contributed by atoms with Gasteiger partial charge in [-0.1, -0.05) is 11.2 Å². The Morgan fingerprint density at radius 3 is 2.81 bits per heavy atom. The van der Waals surface area contributed by atoms with Crippen LogP contribution in [-0.2, 0) is 6.54 Å². The summed E-state index contributed by atoms with van der Waals surface area (Å²) in [6, 6.07) is 7.66. The minimum Gasteiger partial charge on any atom is -0.348 e. The second-order valence-electron chi connectivity index (χ2n) is 6.37. The third-order valence-corrected chi connectivity index (χ3v) is 5.32. The molecule has 0 aliphatic heterocycles. The van der Waals surface area contributed by atoms with Crippen molar-refractivity contribution < 1.29 is 9.32 Å². The summed E-state index contributed by atoms with van der Waals surface area (Å²) < 4.78 is 5.36. The second-order valence-corrected chi connectivity index (χ2v) is 7.83. The fourth-order valence-corrected chi connectivity index (χ4v) is 4.01. The molecular weight excluding hydrogens is 360 g/mol. The predicted octanol–water partition coefficient (Wildman–Crippen LogP) is 4.20. The normalized spacial score (nSPS) is 11.1. The van der Waals surface area contributed by atoms with E-state index < -0.39 is 0 Å². The molecular formula is C20H18N4O2S. The van der Waals surface area contributed by atoms with Gasteiger partial charge in [-0.3, -0.25) is 9.78 Å². The van der Waals surface area contributed by atoms with E-state index in [0.29, 0.717) is 34.6 Å². The molecule has 4 rings (SSSR count). The van der Waals surface area contributed by atoms with Gasteiger partial charge in [-0.2, -0.15) is 0 Å². The molecule has 0 bridgehead atoms. The first kappa shape index (κ1) is 17.4. The maximum Gasteiger partial charge on any atom is 0.259 e. The van der Waals surface area contributed by atoms with E-state index in [9.17, 15) is 4.79 Å². The highest BCUT2D eigenvalue weighted by molar-refractivity contribution is 7.12. The van der Waals surface area contributed by atoms with E-state index in [1.807, 2.05) is 32.0 Å². The molecule has 27 heavy (non-hydrogen) atoms. The zero-order chi connectivity index (χ0) is 19.0. The number of fused-ring (bicyclic) bond motifs is 1. The number of aryl methyl sites for hydroxylation is 3. The zero-order valence-corrected chi connectivity index (χ0v) is 16.1. The lowest BCUT2D eigenvalue weighted by atomic mass is 10.1. The number of thiophene rings is 1. The Morgan fingerprint density at radius 1 is 1.26 bits per heavy atom. The Bertz CT molecular complexity index is 1130. The Labute approximate surface area is 160 Å². The van der Waals surface area contributed by atoms with E-state index in [4.69, 9.17) is 4.52 Å². The van der Waals surface area contributed by atoms with Gasteiger partial charge in [0.1, 0.15) is 0 Å². The summed E-state index contributed by atoms with van der Waals surface area (Å²) in [6.07, 6.45) is 3.44. The fourth-order valence-electron chi connectivity index (χ4n) is 3.08. The van der Waals surface area contributed by atoms with Crippen LogP contribution < -0.4 is 5.32 Å². The first-order chi connectivity index (χ1) is 13.0. The maximum absolute atomic E-state index is 12.9. The van der Waals surface area contributed by atoms with Gasteiger partial charge in [0.05, 0.1) is 22.3 Å². The van der Waals surface area contributed by atoms with Gasteiger partial charge in [-0.05, 0) is 44.5 Å². The molecule has 0 radical (unpaired) electrons. The number of nitrogens with zero attached hydrogens (tertiary/aromatic N) is 3. The number of pyridine rings is 2. The number of hydrogen-bond donors (Lipinski definition) is 1. The van der Waals surface area contributed by atoms with Crippen LogP contribution in [0.25, 0.3) is 22.4 Å². The third-order valence-electron chi connectivity index (χ3n) is 4.35. The Kier molecular flexibility index (Phi) is 4.45. The van der Waals surface area contributed by atoms with Crippen LogP contribution in [0.1, 0.15) is 31.4 Å². The summed E-state index contributed by atoms with van der Waals surface area (Å²) in [4.78, 5) is 23.9. The van der Waals surface area contributed by atoms with Crippen LogP contribution in [0.3, 0.4) is 0 Å². The van der Waals surface area contributed by atoms with Crippen molar-refractivity contribution in [1.82, 2.24) is 20.4 Å². The summed E-state index contributed by atoms with van der Waals surface area (Å²) in [6.45, 7) is 6.31. The molecule has 0 aromatic carbocycles.